The number of nitrogens with zero attached hydrogens (tertiary/aromatic N) is 2. The quantitative estimate of drug-likeness (QED) is 0.333. The molecule has 230 valence electrons. The Bertz CT molecular complexity index is 1370. The van der Waals surface area contributed by atoms with Crippen LogP contribution >= 0.6 is 0 Å². The normalized spacial score (nSPS) is 21.4. The van der Waals surface area contributed by atoms with Crippen LogP contribution in [-0.4, -0.2) is 85.5 Å². The summed E-state index contributed by atoms with van der Waals surface area (Å²) >= 11 is 0. The summed E-state index contributed by atoms with van der Waals surface area (Å²) in [6, 6.07) is 2.64. The number of halogens is 4. The first-order valence-electron chi connectivity index (χ1n) is 13.8. The summed E-state index contributed by atoms with van der Waals surface area (Å²) in [7, 11) is -4.35. The average Bonchev–Trinajstić information content (AvgIpc) is 3.30. The lowest BCUT2D eigenvalue weighted by Crippen LogP contribution is -2.62. The van der Waals surface area contributed by atoms with E-state index in [0.29, 0.717) is 30.8 Å². The van der Waals surface area contributed by atoms with Gasteiger partial charge in [-0.15, -0.1) is 0 Å². The van der Waals surface area contributed by atoms with Gasteiger partial charge in [-0.25, -0.2) is 26.0 Å². The van der Waals surface area contributed by atoms with Gasteiger partial charge in [0.2, 0.25) is 21.8 Å². The summed E-state index contributed by atoms with van der Waals surface area (Å²) in [6.45, 7) is 2.37. The van der Waals surface area contributed by atoms with Crippen LogP contribution in [0.3, 0.4) is 0 Å². The number of carbonyl (C=O) groups excluding carboxylic acids is 2. The Morgan fingerprint density at radius 2 is 1.67 bits per heavy atom. The maximum absolute atomic E-state index is 14.0. The van der Waals surface area contributed by atoms with Crippen molar-refractivity contribution in [3.8, 4) is 0 Å². The van der Waals surface area contributed by atoms with E-state index >= 15 is 0 Å². The first-order chi connectivity index (χ1) is 19.9. The number of rotatable bonds is 11. The number of nitrogens with one attached hydrogen (secondary N) is 2. The third-order valence-corrected chi connectivity index (χ3v) is 9.38. The number of aliphatic hydroxyl groups is 1. The molecule has 2 fully saturated rings. The SMILES string of the molecule is CCCCN1CC(C(=O)NC(Cc2cc(F)cc(F)c2)[C@H](O)[C@H]2CN(S(=O)(=O)c3cc(F)cc(F)c3)CCN2)CC1=O. The standard InChI is InChI=1S/C28H34F4N4O5S/c1-2-3-5-35-15-18(10-26(35)37)28(39)34-24(9-17-7-19(29)11-20(30)8-17)27(38)25-16-36(6-4-33-25)42(40,41)23-13-21(31)12-22(32)14-23/h7-8,11-14,18,24-25,27,33,38H,2-6,9-10,15-16H2,1H3,(H,34,39)/t18?,24?,25-,27+/m1/s1. The van der Waals surface area contributed by atoms with Gasteiger partial charge >= 0.3 is 0 Å². The van der Waals surface area contributed by atoms with Crippen LogP contribution in [0.5, 0.6) is 0 Å². The largest absolute Gasteiger partial charge is 0.389 e. The van der Waals surface area contributed by atoms with Crippen molar-refractivity contribution in [1.82, 2.24) is 19.8 Å². The van der Waals surface area contributed by atoms with Crippen LogP contribution in [0.25, 0.3) is 0 Å². The zero-order valence-electron chi connectivity index (χ0n) is 23.0. The van der Waals surface area contributed by atoms with Crippen molar-refractivity contribution in [2.75, 3.05) is 32.7 Å². The molecule has 9 nitrogen and oxygen atoms in total. The summed E-state index contributed by atoms with van der Waals surface area (Å²) in [6.07, 6.45) is -0.0429. The van der Waals surface area contributed by atoms with E-state index in [0.717, 1.165) is 29.3 Å². The van der Waals surface area contributed by atoms with E-state index in [1.54, 1.807) is 4.90 Å². The molecule has 42 heavy (non-hydrogen) atoms. The first-order valence-corrected chi connectivity index (χ1v) is 15.2. The zero-order valence-corrected chi connectivity index (χ0v) is 23.8. The average molecular weight is 615 g/mol. The summed E-state index contributed by atoms with van der Waals surface area (Å²) in [5, 5.41) is 17.1. The lowest BCUT2D eigenvalue weighted by atomic mass is 9.94. The lowest BCUT2D eigenvalue weighted by Gasteiger charge is -2.38. The molecular weight excluding hydrogens is 580 g/mol. The molecule has 4 atom stereocenters. The second-order valence-electron chi connectivity index (χ2n) is 10.7. The molecule has 2 aliphatic heterocycles. The minimum absolute atomic E-state index is 0.0230. The van der Waals surface area contributed by atoms with Gasteiger partial charge in [-0.2, -0.15) is 4.31 Å². The molecule has 0 aliphatic carbocycles. The van der Waals surface area contributed by atoms with Gasteiger partial charge in [0, 0.05) is 57.3 Å². The molecule has 3 N–H and O–H groups in total. The van der Waals surface area contributed by atoms with Crippen molar-refractivity contribution < 1.29 is 40.7 Å². The first kappa shape index (κ1) is 31.9. The second-order valence-corrected chi connectivity index (χ2v) is 12.6. The maximum atomic E-state index is 14.0. The summed E-state index contributed by atoms with van der Waals surface area (Å²) in [5.74, 6) is -5.24. The van der Waals surface area contributed by atoms with Crippen LogP contribution in [0, 0.1) is 29.2 Å². The van der Waals surface area contributed by atoms with E-state index in [-0.39, 0.29) is 50.5 Å². The van der Waals surface area contributed by atoms with Crippen LogP contribution in [0.2, 0.25) is 0 Å². The van der Waals surface area contributed by atoms with E-state index in [1.807, 2.05) is 6.92 Å². The third kappa shape index (κ3) is 7.65. The van der Waals surface area contributed by atoms with Gasteiger partial charge in [-0.05, 0) is 42.7 Å². The number of likely N-dealkylation sites (tertiary alicyclic amines) is 1. The van der Waals surface area contributed by atoms with Gasteiger partial charge < -0.3 is 20.6 Å². The highest BCUT2D eigenvalue weighted by molar-refractivity contribution is 7.89. The Hall–Kier alpha value is -3.07. The number of unbranched alkanes of at least 4 members (excludes halogenated alkanes) is 1. The molecule has 0 radical (unpaired) electrons. The van der Waals surface area contributed by atoms with Crippen LogP contribution in [0.4, 0.5) is 17.6 Å². The lowest BCUT2D eigenvalue weighted by molar-refractivity contribution is -0.129. The predicted octanol–water partition coefficient (Wildman–Crippen LogP) is 1.94. The van der Waals surface area contributed by atoms with Gasteiger partial charge in [0.1, 0.15) is 23.3 Å². The van der Waals surface area contributed by atoms with Crippen molar-refractivity contribution in [3.05, 3.63) is 65.2 Å². The molecule has 0 spiro atoms. The highest BCUT2D eigenvalue weighted by Gasteiger charge is 2.39. The number of benzene rings is 2. The molecule has 2 unspecified atom stereocenters. The van der Waals surface area contributed by atoms with E-state index in [4.69, 9.17) is 0 Å². The Kier molecular flexibility index (Phi) is 10.2. The zero-order chi connectivity index (χ0) is 30.6. The van der Waals surface area contributed by atoms with Crippen LogP contribution < -0.4 is 10.6 Å². The number of hydrogen-bond acceptors (Lipinski definition) is 6. The molecule has 2 amide bonds. The van der Waals surface area contributed by atoms with E-state index in [1.165, 1.54) is 0 Å². The highest BCUT2D eigenvalue weighted by atomic mass is 32.2. The van der Waals surface area contributed by atoms with Crippen molar-refractivity contribution in [1.29, 1.82) is 0 Å². The number of carbonyl (C=O) groups is 2. The monoisotopic (exact) mass is 614 g/mol. The Balaban J connectivity index is 1.54. The predicted molar refractivity (Wildman–Crippen MR) is 145 cm³/mol. The minimum atomic E-state index is -4.35. The number of hydrogen-bond donors (Lipinski definition) is 3. The van der Waals surface area contributed by atoms with E-state index < -0.39 is 68.2 Å². The molecular formula is C28H34F4N4O5S. The van der Waals surface area contributed by atoms with Gasteiger partial charge in [-0.1, -0.05) is 13.3 Å². The van der Waals surface area contributed by atoms with Gasteiger partial charge in [-0.3, -0.25) is 9.59 Å². The molecule has 2 aromatic carbocycles. The number of piperazine rings is 1. The summed E-state index contributed by atoms with van der Waals surface area (Å²) < 4.78 is 82.8. The fourth-order valence-corrected chi connectivity index (χ4v) is 6.87. The molecule has 2 aliphatic rings. The topological polar surface area (TPSA) is 119 Å². The number of aliphatic hydroxyl groups excluding tert-OH is 1. The molecule has 0 aromatic heterocycles. The smallest absolute Gasteiger partial charge is 0.243 e. The van der Waals surface area contributed by atoms with Gasteiger partial charge in [0.15, 0.2) is 0 Å². The molecule has 2 heterocycles. The number of sulfonamides is 1. The van der Waals surface area contributed by atoms with Crippen molar-refractivity contribution in [2.24, 2.45) is 5.92 Å². The summed E-state index contributed by atoms with van der Waals surface area (Å²) in [4.78, 5) is 26.7. The van der Waals surface area contributed by atoms with E-state index in [2.05, 4.69) is 10.6 Å². The van der Waals surface area contributed by atoms with Crippen LogP contribution in [0.15, 0.2) is 41.3 Å². The minimum Gasteiger partial charge on any atom is -0.389 e. The molecule has 2 aromatic rings. The summed E-state index contributed by atoms with van der Waals surface area (Å²) in [5.41, 5.74) is 0.138. The van der Waals surface area contributed by atoms with Crippen molar-refractivity contribution in [3.63, 3.8) is 0 Å². The highest BCUT2D eigenvalue weighted by Crippen LogP contribution is 2.23. The fraction of sp³-hybridized carbons (Fsp3) is 0.500. The molecule has 0 saturated carbocycles. The Labute approximate surface area is 241 Å². The Morgan fingerprint density at radius 1 is 1.05 bits per heavy atom. The van der Waals surface area contributed by atoms with Gasteiger partial charge in [0.25, 0.3) is 0 Å². The second kappa shape index (κ2) is 13.5. The fourth-order valence-electron chi connectivity index (χ4n) is 5.36. The molecule has 0 bridgehead atoms. The molecule has 14 heteroatoms. The molecule has 4 rings (SSSR count). The third-order valence-electron chi connectivity index (χ3n) is 7.54. The maximum Gasteiger partial charge on any atom is 0.243 e. The van der Waals surface area contributed by atoms with Crippen LogP contribution in [-0.2, 0) is 26.0 Å². The van der Waals surface area contributed by atoms with Gasteiger partial charge in [0.05, 0.1) is 23.0 Å². The van der Waals surface area contributed by atoms with Crippen LogP contribution in [0.1, 0.15) is 31.7 Å². The van der Waals surface area contributed by atoms with E-state index in [9.17, 15) is 40.7 Å². The number of amides is 2. The Morgan fingerprint density at radius 3 is 2.29 bits per heavy atom. The molecule has 2 saturated heterocycles. The van der Waals surface area contributed by atoms with Crippen molar-refractivity contribution >= 4 is 21.8 Å². The van der Waals surface area contributed by atoms with Crippen molar-refractivity contribution in [2.45, 2.75) is 55.7 Å².